The van der Waals surface area contributed by atoms with Gasteiger partial charge in [0.25, 0.3) is 5.91 Å². The average Bonchev–Trinajstić information content (AvgIpc) is 3.54. The van der Waals surface area contributed by atoms with Gasteiger partial charge in [-0.25, -0.2) is 4.98 Å². The number of aromatic nitrogens is 2. The van der Waals surface area contributed by atoms with Crippen LogP contribution in [0, 0.1) is 5.92 Å². The molecule has 2 N–H and O–H groups in total. The van der Waals surface area contributed by atoms with Crippen molar-refractivity contribution in [1.82, 2.24) is 20.2 Å². The number of rotatable bonds is 5. The maximum absolute atomic E-state index is 13.4. The minimum Gasteiger partial charge on any atom is -0.345 e. The molecule has 4 aromatic rings. The molecule has 0 unspecified atom stereocenters. The summed E-state index contributed by atoms with van der Waals surface area (Å²) in [4.78, 5) is 36.1. The third-order valence-corrected chi connectivity index (χ3v) is 6.87. The third-order valence-electron chi connectivity index (χ3n) is 6.01. The molecule has 1 fully saturated rings. The summed E-state index contributed by atoms with van der Waals surface area (Å²) < 4.78 is 0. The van der Waals surface area contributed by atoms with Crippen molar-refractivity contribution >= 4 is 34.2 Å². The van der Waals surface area contributed by atoms with E-state index >= 15 is 0 Å². The van der Waals surface area contributed by atoms with E-state index in [0.717, 1.165) is 39.9 Å². The third kappa shape index (κ3) is 4.16. The zero-order chi connectivity index (χ0) is 21.9. The van der Waals surface area contributed by atoms with Crippen molar-refractivity contribution in [3.05, 3.63) is 88.4 Å². The van der Waals surface area contributed by atoms with Gasteiger partial charge < -0.3 is 15.2 Å². The zero-order valence-corrected chi connectivity index (χ0v) is 18.3. The first kappa shape index (κ1) is 20.5. The minimum atomic E-state index is -0.278. The number of thiophene rings is 1. The van der Waals surface area contributed by atoms with Gasteiger partial charge in [-0.05, 0) is 47.5 Å². The van der Waals surface area contributed by atoms with Crippen LogP contribution in [0.5, 0.6) is 0 Å². The Morgan fingerprint density at radius 1 is 1.09 bits per heavy atom. The number of hydrogen-bond acceptors (Lipinski definition) is 4. The number of likely N-dealkylation sites (tertiary alicyclic amines) is 1. The number of H-pyrrole nitrogens is 1. The van der Waals surface area contributed by atoms with E-state index in [4.69, 9.17) is 0 Å². The molecule has 0 spiro atoms. The number of nitrogens with zero attached hydrogens (tertiary/aromatic N) is 2. The number of nitrogens with one attached hydrogen (secondary N) is 2. The summed E-state index contributed by atoms with van der Waals surface area (Å²) in [5.74, 6) is -0.233. The van der Waals surface area contributed by atoms with Gasteiger partial charge in [-0.3, -0.25) is 9.59 Å². The lowest BCUT2D eigenvalue weighted by Gasteiger charge is -2.33. The van der Waals surface area contributed by atoms with E-state index in [0.29, 0.717) is 13.1 Å². The number of imidazole rings is 1. The highest BCUT2D eigenvalue weighted by Crippen LogP contribution is 2.27. The van der Waals surface area contributed by atoms with Crippen molar-refractivity contribution < 1.29 is 9.59 Å². The predicted octanol–water partition coefficient (Wildman–Crippen LogP) is 4.38. The SMILES string of the molecule is O=C(N[C@@H](c1ccccc1)c1ccc2nc[nH]c2c1)[C@H]1CCCN(C(=O)c2cccs2)C1. The zero-order valence-electron chi connectivity index (χ0n) is 17.5. The van der Waals surface area contributed by atoms with Gasteiger partial charge in [0.1, 0.15) is 0 Å². The van der Waals surface area contributed by atoms with E-state index in [1.807, 2.05) is 70.9 Å². The molecule has 0 aliphatic carbocycles. The smallest absolute Gasteiger partial charge is 0.263 e. The van der Waals surface area contributed by atoms with E-state index in [1.54, 1.807) is 6.33 Å². The molecule has 2 amide bonds. The molecule has 5 rings (SSSR count). The van der Waals surface area contributed by atoms with Gasteiger partial charge in [0.05, 0.1) is 34.2 Å². The van der Waals surface area contributed by atoms with Crippen molar-refractivity contribution in [2.24, 2.45) is 5.92 Å². The predicted molar refractivity (Wildman–Crippen MR) is 125 cm³/mol. The van der Waals surface area contributed by atoms with Crippen LogP contribution in [-0.4, -0.2) is 39.8 Å². The van der Waals surface area contributed by atoms with Gasteiger partial charge in [-0.15, -0.1) is 11.3 Å². The molecule has 1 saturated heterocycles. The van der Waals surface area contributed by atoms with Gasteiger partial charge in [0.2, 0.25) is 5.91 Å². The molecule has 6 nitrogen and oxygen atoms in total. The van der Waals surface area contributed by atoms with Crippen molar-refractivity contribution in [3.63, 3.8) is 0 Å². The van der Waals surface area contributed by atoms with Crippen LogP contribution in [0.25, 0.3) is 11.0 Å². The van der Waals surface area contributed by atoms with Crippen LogP contribution in [0.15, 0.2) is 72.4 Å². The number of amides is 2. The second kappa shape index (κ2) is 8.96. The Hall–Kier alpha value is -3.45. The van der Waals surface area contributed by atoms with E-state index < -0.39 is 0 Å². The van der Waals surface area contributed by atoms with E-state index in [9.17, 15) is 9.59 Å². The number of aromatic amines is 1. The molecule has 1 aliphatic rings. The topological polar surface area (TPSA) is 78.1 Å². The summed E-state index contributed by atoms with van der Waals surface area (Å²) >= 11 is 1.44. The molecule has 1 aliphatic heterocycles. The number of hydrogen-bond donors (Lipinski definition) is 2. The number of carbonyl (C=O) groups is 2. The average molecular weight is 445 g/mol. The first-order valence-electron chi connectivity index (χ1n) is 10.8. The fourth-order valence-corrected chi connectivity index (χ4v) is 5.02. The highest BCUT2D eigenvalue weighted by atomic mass is 32.1. The number of fused-ring (bicyclic) bond motifs is 1. The Morgan fingerprint density at radius 2 is 1.97 bits per heavy atom. The lowest BCUT2D eigenvalue weighted by Crippen LogP contribution is -2.46. The second-order valence-electron chi connectivity index (χ2n) is 8.10. The molecule has 2 aromatic carbocycles. The van der Waals surface area contributed by atoms with E-state index in [-0.39, 0.29) is 23.8 Å². The van der Waals surface area contributed by atoms with Crippen LogP contribution >= 0.6 is 11.3 Å². The summed E-state index contributed by atoms with van der Waals surface area (Å²) in [6.07, 6.45) is 3.28. The Bertz CT molecular complexity index is 1220. The van der Waals surface area contributed by atoms with Gasteiger partial charge in [-0.2, -0.15) is 0 Å². The normalized spacial score (nSPS) is 17.2. The molecular weight excluding hydrogens is 420 g/mol. The molecule has 0 bridgehead atoms. The Kier molecular flexibility index (Phi) is 5.73. The Morgan fingerprint density at radius 3 is 2.78 bits per heavy atom. The highest BCUT2D eigenvalue weighted by molar-refractivity contribution is 7.12. The van der Waals surface area contributed by atoms with E-state index in [1.165, 1.54) is 11.3 Å². The lowest BCUT2D eigenvalue weighted by molar-refractivity contribution is -0.126. The molecule has 32 heavy (non-hydrogen) atoms. The van der Waals surface area contributed by atoms with Crippen LogP contribution in [0.2, 0.25) is 0 Å². The molecule has 2 aromatic heterocycles. The van der Waals surface area contributed by atoms with Crippen LogP contribution in [0.3, 0.4) is 0 Å². The maximum atomic E-state index is 13.4. The van der Waals surface area contributed by atoms with Gasteiger partial charge in [0, 0.05) is 13.1 Å². The quantitative estimate of drug-likeness (QED) is 0.479. The first-order chi connectivity index (χ1) is 15.7. The summed E-state index contributed by atoms with van der Waals surface area (Å²) in [5, 5.41) is 5.17. The van der Waals surface area contributed by atoms with Gasteiger partial charge >= 0.3 is 0 Å². The standard InChI is InChI=1S/C25H24N4O2S/c30-24(19-8-4-12-29(15-19)25(31)22-9-5-13-32-22)28-23(17-6-2-1-3-7-17)18-10-11-20-21(14-18)27-16-26-20/h1-3,5-7,9-11,13-14,16,19,23H,4,8,12,15H2,(H,26,27)(H,28,30)/t19-,23-/m0/s1. The van der Waals surface area contributed by atoms with Crippen LogP contribution in [-0.2, 0) is 4.79 Å². The Labute approximate surface area is 190 Å². The molecule has 0 saturated carbocycles. The number of piperidine rings is 1. The summed E-state index contributed by atoms with van der Waals surface area (Å²) in [7, 11) is 0. The molecular formula is C25H24N4O2S. The summed E-state index contributed by atoms with van der Waals surface area (Å²) in [6, 6.07) is 19.4. The maximum Gasteiger partial charge on any atom is 0.263 e. The van der Waals surface area contributed by atoms with E-state index in [2.05, 4.69) is 15.3 Å². The Balaban J connectivity index is 1.37. The molecule has 162 valence electrons. The molecule has 2 atom stereocenters. The largest absolute Gasteiger partial charge is 0.345 e. The molecule has 7 heteroatoms. The molecule has 3 heterocycles. The lowest BCUT2D eigenvalue weighted by atomic mass is 9.94. The van der Waals surface area contributed by atoms with Crippen molar-refractivity contribution in [2.45, 2.75) is 18.9 Å². The van der Waals surface area contributed by atoms with Gasteiger partial charge in [-0.1, -0.05) is 42.5 Å². The van der Waals surface area contributed by atoms with Gasteiger partial charge in [0.15, 0.2) is 0 Å². The van der Waals surface area contributed by atoms with Crippen molar-refractivity contribution in [3.8, 4) is 0 Å². The summed E-state index contributed by atoms with van der Waals surface area (Å²) in [5.41, 5.74) is 3.83. The first-order valence-corrected chi connectivity index (χ1v) is 11.7. The summed E-state index contributed by atoms with van der Waals surface area (Å²) in [6.45, 7) is 1.14. The van der Waals surface area contributed by atoms with Crippen molar-refractivity contribution in [1.29, 1.82) is 0 Å². The van der Waals surface area contributed by atoms with Crippen LogP contribution in [0.1, 0.15) is 39.7 Å². The van der Waals surface area contributed by atoms with Crippen LogP contribution < -0.4 is 5.32 Å². The van der Waals surface area contributed by atoms with Crippen molar-refractivity contribution in [2.75, 3.05) is 13.1 Å². The minimum absolute atomic E-state index is 0.0156. The fourth-order valence-electron chi connectivity index (χ4n) is 4.33. The molecule has 0 radical (unpaired) electrons. The number of benzene rings is 2. The number of carbonyl (C=O) groups excluding carboxylic acids is 2. The fraction of sp³-hybridized carbons (Fsp3) is 0.240. The van der Waals surface area contributed by atoms with Crippen LogP contribution in [0.4, 0.5) is 0 Å². The highest BCUT2D eigenvalue weighted by Gasteiger charge is 2.31. The monoisotopic (exact) mass is 444 g/mol. The second-order valence-corrected chi connectivity index (χ2v) is 9.05.